The van der Waals surface area contributed by atoms with Crippen LogP contribution in [-0.4, -0.2) is 48.7 Å². The first kappa shape index (κ1) is 23.3. The van der Waals surface area contributed by atoms with Crippen LogP contribution in [0, 0.1) is 0 Å². The number of benzene rings is 3. The number of halogens is 1. The Hall–Kier alpha value is -3.44. The Morgan fingerprint density at radius 3 is 2.43 bits per heavy atom. The molecule has 0 bridgehead atoms. The van der Waals surface area contributed by atoms with E-state index in [0.717, 1.165) is 35.1 Å². The summed E-state index contributed by atoms with van der Waals surface area (Å²) in [7, 11) is 3.73. The molecule has 1 saturated heterocycles. The highest BCUT2D eigenvalue weighted by Gasteiger charge is 2.27. The zero-order valence-corrected chi connectivity index (χ0v) is 20.9. The summed E-state index contributed by atoms with van der Waals surface area (Å²) >= 11 is 6.18. The molecule has 1 aliphatic heterocycles. The molecule has 1 fully saturated rings. The van der Waals surface area contributed by atoms with E-state index in [4.69, 9.17) is 16.3 Å². The van der Waals surface area contributed by atoms with E-state index in [1.54, 1.807) is 7.11 Å². The van der Waals surface area contributed by atoms with Gasteiger partial charge in [-0.25, -0.2) is 0 Å². The molecule has 1 amide bonds. The lowest BCUT2D eigenvalue weighted by atomic mass is 9.87. The van der Waals surface area contributed by atoms with Gasteiger partial charge in [0, 0.05) is 73.4 Å². The molecule has 35 heavy (non-hydrogen) atoms. The van der Waals surface area contributed by atoms with Gasteiger partial charge in [-0.05, 0) is 47.5 Å². The maximum atomic E-state index is 13.6. The van der Waals surface area contributed by atoms with Crippen molar-refractivity contribution in [1.82, 2.24) is 9.47 Å². The van der Waals surface area contributed by atoms with Gasteiger partial charge in [0.2, 0.25) is 5.91 Å². The molecule has 1 aromatic heterocycles. The van der Waals surface area contributed by atoms with Crippen molar-refractivity contribution in [3.8, 4) is 5.75 Å². The van der Waals surface area contributed by atoms with Crippen LogP contribution in [0.15, 0.2) is 79.0 Å². The van der Waals surface area contributed by atoms with Crippen molar-refractivity contribution in [3.05, 3.63) is 95.1 Å². The molecule has 0 saturated carbocycles. The van der Waals surface area contributed by atoms with Crippen LogP contribution in [0.5, 0.6) is 5.75 Å². The molecule has 0 radical (unpaired) electrons. The van der Waals surface area contributed by atoms with E-state index < -0.39 is 0 Å². The molecule has 1 atom stereocenters. The summed E-state index contributed by atoms with van der Waals surface area (Å²) in [5.74, 6) is 0.962. The summed E-state index contributed by atoms with van der Waals surface area (Å²) in [5, 5.41) is 1.92. The Balaban J connectivity index is 1.38. The average Bonchev–Trinajstić information content (AvgIpc) is 3.23. The Bertz CT molecular complexity index is 1320. The minimum atomic E-state index is -0.0366. The molecule has 6 heteroatoms. The highest BCUT2D eigenvalue weighted by molar-refractivity contribution is 6.30. The minimum absolute atomic E-state index is 0.0366. The SMILES string of the molecule is COc1ccc(C(CC(=O)N2CCN(c3cccc(Cl)c3)CC2)c2cn(C)c3ccccc23)cc1. The maximum Gasteiger partial charge on any atom is 0.223 e. The van der Waals surface area contributed by atoms with Gasteiger partial charge in [0.1, 0.15) is 5.75 Å². The number of carbonyl (C=O) groups is 1. The zero-order chi connectivity index (χ0) is 24.4. The van der Waals surface area contributed by atoms with Crippen LogP contribution in [0.2, 0.25) is 5.02 Å². The second kappa shape index (κ2) is 10.0. The Morgan fingerprint density at radius 1 is 0.971 bits per heavy atom. The van der Waals surface area contributed by atoms with Crippen molar-refractivity contribution in [3.63, 3.8) is 0 Å². The van der Waals surface area contributed by atoms with E-state index in [9.17, 15) is 4.79 Å². The van der Waals surface area contributed by atoms with E-state index in [2.05, 4.69) is 65.2 Å². The second-order valence-electron chi connectivity index (χ2n) is 9.09. The standard InChI is InChI=1S/C29H30ClN3O2/c1-31-20-27(25-8-3-4-9-28(25)31)26(21-10-12-24(35-2)13-11-21)19-29(34)33-16-14-32(15-17-33)23-7-5-6-22(30)18-23/h3-13,18,20,26H,14-17,19H2,1-2H3. The lowest BCUT2D eigenvalue weighted by molar-refractivity contribution is -0.131. The molecule has 3 aromatic carbocycles. The first-order valence-electron chi connectivity index (χ1n) is 12.0. The van der Waals surface area contributed by atoms with Gasteiger partial charge in [0.15, 0.2) is 0 Å². The number of carbonyl (C=O) groups excluding carboxylic acids is 1. The number of para-hydroxylation sites is 1. The molecule has 2 heterocycles. The van der Waals surface area contributed by atoms with E-state index in [0.29, 0.717) is 19.5 Å². The average molecular weight is 488 g/mol. The van der Waals surface area contributed by atoms with Gasteiger partial charge in [-0.3, -0.25) is 4.79 Å². The number of fused-ring (bicyclic) bond motifs is 1. The van der Waals surface area contributed by atoms with E-state index in [1.165, 1.54) is 16.5 Å². The summed E-state index contributed by atoms with van der Waals surface area (Å²) in [6, 6.07) is 24.4. The molecule has 0 N–H and O–H groups in total. The van der Waals surface area contributed by atoms with E-state index >= 15 is 0 Å². The number of nitrogens with zero attached hydrogens (tertiary/aromatic N) is 3. The van der Waals surface area contributed by atoms with Crippen molar-refractivity contribution in [2.75, 3.05) is 38.2 Å². The molecule has 0 aliphatic carbocycles. The number of rotatable bonds is 6. The smallest absolute Gasteiger partial charge is 0.223 e. The van der Waals surface area contributed by atoms with Crippen LogP contribution in [0.4, 0.5) is 5.69 Å². The number of methoxy groups -OCH3 is 1. The van der Waals surface area contributed by atoms with Crippen LogP contribution < -0.4 is 9.64 Å². The predicted molar refractivity (Wildman–Crippen MR) is 143 cm³/mol. The Morgan fingerprint density at radius 2 is 1.71 bits per heavy atom. The fourth-order valence-corrected chi connectivity index (χ4v) is 5.27. The predicted octanol–water partition coefficient (Wildman–Crippen LogP) is 5.71. The van der Waals surface area contributed by atoms with Gasteiger partial charge in [-0.15, -0.1) is 0 Å². The second-order valence-corrected chi connectivity index (χ2v) is 9.53. The highest BCUT2D eigenvalue weighted by atomic mass is 35.5. The number of aromatic nitrogens is 1. The summed E-state index contributed by atoms with van der Waals surface area (Å²) in [6.07, 6.45) is 2.60. The molecule has 0 spiro atoms. The van der Waals surface area contributed by atoms with Gasteiger partial charge in [0.25, 0.3) is 0 Å². The molecular weight excluding hydrogens is 458 g/mol. The molecule has 1 unspecified atom stereocenters. The largest absolute Gasteiger partial charge is 0.497 e. The van der Waals surface area contributed by atoms with Crippen LogP contribution >= 0.6 is 11.6 Å². The first-order chi connectivity index (χ1) is 17.0. The summed E-state index contributed by atoms with van der Waals surface area (Å²) in [5.41, 5.74) is 4.58. The van der Waals surface area contributed by atoms with Crippen LogP contribution in [0.3, 0.4) is 0 Å². The normalized spacial score (nSPS) is 14.8. The van der Waals surface area contributed by atoms with Crippen molar-refractivity contribution in [2.24, 2.45) is 7.05 Å². The molecular formula is C29H30ClN3O2. The van der Waals surface area contributed by atoms with E-state index in [1.807, 2.05) is 35.2 Å². The lowest BCUT2D eigenvalue weighted by Gasteiger charge is -2.36. The number of hydrogen-bond acceptors (Lipinski definition) is 3. The van der Waals surface area contributed by atoms with Gasteiger partial charge in [-0.1, -0.05) is 48.0 Å². The molecule has 180 valence electrons. The van der Waals surface area contributed by atoms with Crippen molar-refractivity contribution in [1.29, 1.82) is 0 Å². The number of ether oxygens (including phenoxy) is 1. The number of hydrogen-bond donors (Lipinski definition) is 0. The maximum absolute atomic E-state index is 13.6. The van der Waals surface area contributed by atoms with Crippen molar-refractivity contribution < 1.29 is 9.53 Å². The van der Waals surface area contributed by atoms with Crippen LogP contribution in [-0.2, 0) is 11.8 Å². The first-order valence-corrected chi connectivity index (χ1v) is 12.4. The third kappa shape index (κ3) is 4.87. The topological polar surface area (TPSA) is 37.7 Å². The van der Waals surface area contributed by atoms with Gasteiger partial charge in [0.05, 0.1) is 7.11 Å². The Labute approximate surface area is 211 Å². The molecule has 1 aliphatic rings. The van der Waals surface area contributed by atoms with Crippen LogP contribution in [0.25, 0.3) is 10.9 Å². The molecule has 4 aromatic rings. The van der Waals surface area contributed by atoms with Crippen molar-refractivity contribution in [2.45, 2.75) is 12.3 Å². The number of piperazine rings is 1. The van der Waals surface area contributed by atoms with Crippen molar-refractivity contribution >= 4 is 34.1 Å². The van der Waals surface area contributed by atoms with E-state index in [-0.39, 0.29) is 11.8 Å². The minimum Gasteiger partial charge on any atom is -0.497 e. The summed E-state index contributed by atoms with van der Waals surface area (Å²) in [6.45, 7) is 3.01. The molecule has 5 nitrogen and oxygen atoms in total. The van der Waals surface area contributed by atoms with Gasteiger partial charge >= 0.3 is 0 Å². The zero-order valence-electron chi connectivity index (χ0n) is 20.2. The molecule has 5 rings (SSSR count). The lowest BCUT2D eigenvalue weighted by Crippen LogP contribution is -2.49. The fourth-order valence-electron chi connectivity index (χ4n) is 5.08. The Kier molecular flexibility index (Phi) is 6.69. The summed E-state index contributed by atoms with van der Waals surface area (Å²) in [4.78, 5) is 17.9. The van der Waals surface area contributed by atoms with Gasteiger partial charge < -0.3 is 19.1 Å². The highest BCUT2D eigenvalue weighted by Crippen LogP contribution is 2.35. The fraction of sp³-hybridized carbons (Fsp3) is 0.276. The number of anilines is 1. The number of aryl methyl sites for hydroxylation is 1. The summed E-state index contributed by atoms with van der Waals surface area (Å²) < 4.78 is 7.52. The third-order valence-electron chi connectivity index (χ3n) is 7.01. The monoisotopic (exact) mass is 487 g/mol. The number of amides is 1. The quantitative estimate of drug-likeness (QED) is 0.349. The van der Waals surface area contributed by atoms with Crippen LogP contribution in [0.1, 0.15) is 23.5 Å². The third-order valence-corrected chi connectivity index (χ3v) is 7.24. The van der Waals surface area contributed by atoms with Gasteiger partial charge in [-0.2, -0.15) is 0 Å².